The second-order valence-corrected chi connectivity index (χ2v) is 7.84. The first-order valence-corrected chi connectivity index (χ1v) is 11.2. The molecular weight excluding hydrogens is 326 g/mol. The molecule has 0 saturated carbocycles. The molecule has 144 valence electrons. The first-order chi connectivity index (χ1) is 12.3. The Bertz CT molecular complexity index is 388. The van der Waals surface area contributed by atoms with Crippen molar-refractivity contribution < 1.29 is 0 Å². The van der Waals surface area contributed by atoms with Crippen LogP contribution in [0.25, 0.3) is 0 Å². The Hall–Kier alpha value is -0.530. The summed E-state index contributed by atoms with van der Waals surface area (Å²) in [6.07, 6.45) is 19.9. The maximum atomic E-state index is 5.89. The second-order valence-electron chi connectivity index (χ2n) is 7.40. The summed E-state index contributed by atoms with van der Waals surface area (Å²) in [6, 6.07) is 8.12. The molecule has 0 saturated heterocycles. The number of halogens is 1. The van der Waals surface area contributed by atoms with Gasteiger partial charge < -0.3 is 5.32 Å². The van der Waals surface area contributed by atoms with E-state index in [-0.39, 0.29) is 0 Å². The molecule has 0 unspecified atom stereocenters. The van der Waals surface area contributed by atoms with Gasteiger partial charge in [0.2, 0.25) is 0 Å². The van der Waals surface area contributed by atoms with Crippen molar-refractivity contribution in [1.82, 2.24) is 5.32 Å². The number of hydrogen-bond acceptors (Lipinski definition) is 1. The van der Waals surface area contributed by atoms with Crippen molar-refractivity contribution in [3.8, 4) is 0 Å². The normalized spacial score (nSPS) is 11.1. The number of benzene rings is 1. The number of unbranched alkanes of at least 4 members (excludes halogenated alkanes) is 13. The zero-order chi connectivity index (χ0) is 18.0. The zero-order valence-electron chi connectivity index (χ0n) is 16.5. The van der Waals surface area contributed by atoms with Gasteiger partial charge in [-0.2, -0.15) is 0 Å². The lowest BCUT2D eigenvalue weighted by molar-refractivity contribution is 0.529. The van der Waals surface area contributed by atoms with Crippen LogP contribution in [0, 0.1) is 0 Å². The molecule has 1 aromatic carbocycles. The van der Waals surface area contributed by atoms with E-state index >= 15 is 0 Å². The van der Waals surface area contributed by atoms with E-state index in [0.717, 1.165) is 18.1 Å². The van der Waals surface area contributed by atoms with Gasteiger partial charge in [0.1, 0.15) is 0 Å². The summed E-state index contributed by atoms with van der Waals surface area (Å²) in [5.74, 6) is 0. The van der Waals surface area contributed by atoms with Crippen LogP contribution in [0.15, 0.2) is 24.3 Å². The van der Waals surface area contributed by atoms with E-state index in [1.807, 2.05) is 12.1 Å². The minimum Gasteiger partial charge on any atom is -0.313 e. The van der Waals surface area contributed by atoms with Crippen LogP contribution in [0.3, 0.4) is 0 Å². The molecule has 0 heterocycles. The minimum atomic E-state index is 0.815. The average Bonchev–Trinajstić information content (AvgIpc) is 2.63. The summed E-state index contributed by atoms with van der Waals surface area (Å²) in [5, 5.41) is 4.34. The van der Waals surface area contributed by atoms with Crippen molar-refractivity contribution in [2.75, 3.05) is 6.54 Å². The van der Waals surface area contributed by atoms with Gasteiger partial charge in [0.15, 0.2) is 0 Å². The van der Waals surface area contributed by atoms with Crippen molar-refractivity contribution in [2.24, 2.45) is 0 Å². The molecule has 0 aromatic heterocycles. The van der Waals surface area contributed by atoms with Crippen molar-refractivity contribution >= 4 is 11.6 Å². The van der Waals surface area contributed by atoms with Crippen LogP contribution in [-0.2, 0) is 6.54 Å². The number of nitrogens with one attached hydrogen (secondary N) is 1. The van der Waals surface area contributed by atoms with E-state index in [1.54, 1.807) is 0 Å². The Morgan fingerprint density at radius 3 is 1.56 bits per heavy atom. The third-order valence-electron chi connectivity index (χ3n) is 4.95. The van der Waals surface area contributed by atoms with Gasteiger partial charge in [0.25, 0.3) is 0 Å². The summed E-state index contributed by atoms with van der Waals surface area (Å²) in [6.45, 7) is 4.37. The predicted molar refractivity (Wildman–Crippen MR) is 113 cm³/mol. The molecule has 1 N–H and O–H groups in total. The van der Waals surface area contributed by atoms with E-state index in [1.165, 1.54) is 95.5 Å². The molecule has 0 radical (unpaired) electrons. The highest BCUT2D eigenvalue weighted by molar-refractivity contribution is 6.30. The van der Waals surface area contributed by atoms with E-state index in [2.05, 4.69) is 24.4 Å². The van der Waals surface area contributed by atoms with Crippen molar-refractivity contribution in [3.05, 3.63) is 34.9 Å². The van der Waals surface area contributed by atoms with Gasteiger partial charge in [-0.15, -0.1) is 0 Å². The smallest absolute Gasteiger partial charge is 0.0406 e. The molecule has 0 fully saturated rings. The molecule has 0 spiro atoms. The Morgan fingerprint density at radius 2 is 1.08 bits per heavy atom. The standard InChI is InChI=1S/C23H40ClN/c1-2-3-4-5-6-7-8-9-10-11-12-13-14-15-20-25-21-22-16-18-23(24)19-17-22/h16-19,25H,2-15,20-21H2,1H3. The number of hydrogen-bond donors (Lipinski definition) is 1. The quantitative estimate of drug-likeness (QED) is 0.276. The van der Waals surface area contributed by atoms with Gasteiger partial charge in [-0.05, 0) is 30.7 Å². The minimum absolute atomic E-state index is 0.815. The highest BCUT2D eigenvalue weighted by Gasteiger charge is 1.95. The maximum Gasteiger partial charge on any atom is 0.0406 e. The molecule has 2 heteroatoms. The molecule has 25 heavy (non-hydrogen) atoms. The molecule has 1 rings (SSSR count). The highest BCUT2D eigenvalue weighted by Crippen LogP contribution is 2.13. The van der Waals surface area contributed by atoms with Crippen LogP contribution >= 0.6 is 11.6 Å². The van der Waals surface area contributed by atoms with Crippen LogP contribution < -0.4 is 5.32 Å². The average molecular weight is 366 g/mol. The Kier molecular flexibility index (Phi) is 15.2. The summed E-state index contributed by atoms with van der Waals surface area (Å²) in [7, 11) is 0. The van der Waals surface area contributed by atoms with E-state index in [9.17, 15) is 0 Å². The van der Waals surface area contributed by atoms with Crippen molar-refractivity contribution in [1.29, 1.82) is 0 Å². The summed E-state index contributed by atoms with van der Waals surface area (Å²) in [5.41, 5.74) is 1.31. The van der Waals surface area contributed by atoms with Gasteiger partial charge in [0, 0.05) is 11.6 Å². The van der Waals surface area contributed by atoms with Crippen molar-refractivity contribution in [3.63, 3.8) is 0 Å². The van der Waals surface area contributed by atoms with Crippen LogP contribution in [-0.4, -0.2) is 6.54 Å². The zero-order valence-corrected chi connectivity index (χ0v) is 17.3. The lowest BCUT2D eigenvalue weighted by atomic mass is 10.0. The van der Waals surface area contributed by atoms with Crippen molar-refractivity contribution in [2.45, 2.75) is 103 Å². The molecule has 0 aliphatic heterocycles. The SMILES string of the molecule is CCCCCCCCCCCCCCCCNCc1ccc(Cl)cc1. The van der Waals surface area contributed by atoms with Crippen LogP contribution in [0.2, 0.25) is 5.02 Å². The fourth-order valence-corrected chi connectivity index (χ4v) is 3.41. The molecule has 0 atom stereocenters. The first-order valence-electron chi connectivity index (χ1n) is 10.8. The van der Waals surface area contributed by atoms with Crippen LogP contribution in [0.5, 0.6) is 0 Å². The molecule has 1 nitrogen and oxygen atoms in total. The first kappa shape index (κ1) is 22.5. The van der Waals surface area contributed by atoms with E-state index < -0.39 is 0 Å². The molecule has 0 amide bonds. The van der Waals surface area contributed by atoms with Gasteiger partial charge >= 0.3 is 0 Å². The van der Waals surface area contributed by atoms with Gasteiger partial charge in [-0.3, -0.25) is 0 Å². The van der Waals surface area contributed by atoms with Gasteiger partial charge in [-0.25, -0.2) is 0 Å². The Labute approximate surface area is 161 Å². The topological polar surface area (TPSA) is 12.0 Å². The maximum absolute atomic E-state index is 5.89. The molecular formula is C23H40ClN. The highest BCUT2D eigenvalue weighted by atomic mass is 35.5. The molecule has 0 bridgehead atoms. The van der Waals surface area contributed by atoms with E-state index in [0.29, 0.717) is 0 Å². The predicted octanol–water partition coefficient (Wildman–Crippen LogP) is 7.91. The largest absolute Gasteiger partial charge is 0.313 e. The van der Waals surface area contributed by atoms with Crippen LogP contribution in [0.1, 0.15) is 102 Å². The lowest BCUT2D eigenvalue weighted by Gasteiger charge is -2.05. The molecule has 0 aliphatic rings. The Balaban J connectivity index is 1.74. The summed E-state index contributed by atoms with van der Waals surface area (Å²) in [4.78, 5) is 0. The third kappa shape index (κ3) is 14.3. The third-order valence-corrected chi connectivity index (χ3v) is 5.20. The fraction of sp³-hybridized carbons (Fsp3) is 0.739. The number of rotatable bonds is 17. The van der Waals surface area contributed by atoms with Gasteiger partial charge in [0.05, 0.1) is 0 Å². The molecule has 0 aliphatic carbocycles. The second kappa shape index (κ2) is 16.9. The molecule has 1 aromatic rings. The summed E-state index contributed by atoms with van der Waals surface area (Å²) < 4.78 is 0. The summed E-state index contributed by atoms with van der Waals surface area (Å²) >= 11 is 5.89. The monoisotopic (exact) mass is 365 g/mol. The Morgan fingerprint density at radius 1 is 0.640 bits per heavy atom. The van der Waals surface area contributed by atoms with Gasteiger partial charge in [-0.1, -0.05) is 114 Å². The fourth-order valence-electron chi connectivity index (χ4n) is 3.28. The lowest BCUT2D eigenvalue weighted by Crippen LogP contribution is -2.14. The van der Waals surface area contributed by atoms with Crippen LogP contribution in [0.4, 0.5) is 0 Å². The van der Waals surface area contributed by atoms with E-state index in [4.69, 9.17) is 11.6 Å².